The quantitative estimate of drug-likeness (QED) is 0.0478. The summed E-state index contributed by atoms with van der Waals surface area (Å²) in [7, 11) is 0.484. The molecule has 1 amide bonds. The Balaban J connectivity index is 1.41. The van der Waals surface area contributed by atoms with E-state index >= 15 is 0 Å². The number of methoxy groups -OCH3 is 2. The number of aromatic nitrogens is 1. The number of benzene rings is 5. The van der Waals surface area contributed by atoms with E-state index in [0.717, 1.165) is 16.7 Å². The Morgan fingerprint density at radius 3 is 1.68 bits per heavy atom. The second-order valence-corrected chi connectivity index (χ2v) is 15.9. The van der Waals surface area contributed by atoms with Crippen LogP contribution >= 0.6 is 8.25 Å². The van der Waals surface area contributed by atoms with Crippen molar-refractivity contribution in [1.82, 2.24) is 15.2 Å². The zero-order chi connectivity index (χ0) is 42.8. The molecule has 11 nitrogen and oxygen atoms in total. The average molecular weight is 828 g/mol. The smallest absolute Gasteiger partial charge is 0.497 e. The molecule has 0 bridgehead atoms. The van der Waals surface area contributed by atoms with Crippen molar-refractivity contribution in [3.63, 3.8) is 0 Å². The van der Waals surface area contributed by atoms with Crippen LogP contribution in [0.5, 0.6) is 11.5 Å². The van der Waals surface area contributed by atoms with Gasteiger partial charge in [0.15, 0.2) is 0 Å². The van der Waals surface area contributed by atoms with Crippen LogP contribution in [0.15, 0.2) is 127 Å². The third-order valence-corrected chi connectivity index (χ3v) is 11.5. The molecule has 310 valence electrons. The van der Waals surface area contributed by atoms with Gasteiger partial charge in [-0.2, -0.15) is 5.26 Å². The third-order valence-electron chi connectivity index (χ3n) is 10.6. The fraction of sp³-hybridized carbons (Fsp3) is 0.312. The first-order valence-electron chi connectivity index (χ1n) is 20.0. The van der Waals surface area contributed by atoms with Gasteiger partial charge in [-0.05, 0) is 87.7 Å². The average Bonchev–Trinajstić information content (AvgIpc) is 3.26. The predicted octanol–water partition coefficient (Wildman–Crippen LogP) is 9.60. The Bertz CT molecular complexity index is 2310. The van der Waals surface area contributed by atoms with Crippen molar-refractivity contribution in [3.8, 4) is 17.6 Å². The number of nitrogens with zero attached hydrogens (tertiary/aromatic N) is 3. The second kappa shape index (κ2) is 20.0. The summed E-state index contributed by atoms with van der Waals surface area (Å²) in [4.78, 5) is 21.6. The van der Waals surface area contributed by atoms with Gasteiger partial charge in [-0.1, -0.05) is 91.0 Å². The van der Waals surface area contributed by atoms with Gasteiger partial charge < -0.3 is 19.5 Å². The highest BCUT2D eigenvalue weighted by molar-refractivity contribution is 7.33. The lowest BCUT2D eigenvalue weighted by atomic mass is 9.80. The molecule has 0 saturated heterocycles. The Kier molecular flexibility index (Phi) is 14.6. The number of pyridine rings is 1. The Morgan fingerprint density at radius 1 is 0.717 bits per heavy atom. The molecule has 60 heavy (non-hydrogen) atoms. The summed E-state index contributed by atoms with van der Waals surface area (Å²) >= 11 is 0. The molecule has 5 aromatic carbocycles. The topological polar surface area (TPSA) is 132 Å². The first kappa shape index (κ1) is 43.8. The summed E-state index contributed by atoms with van der Waals surface area (Å²) in [6.07, 6.45) is -0.913. The molecular formula is C48H52N4O7P+. The fourth-order valence-corrected chi connectivity index (χ4v) is 8.53. The maximum Gasteiger partial charge on any atom is 0.697 e. The van der Waals surface area contributed by atoms with Crippen LogP contribution in [0.2, 0.25) is 0 Å². The minimum atomic E-state index is -2.74. The predicted molar refractivity (Wildman–Crippen MR) is 234 cm³/mol. The van der Waals surface area contributed by atoms with Gasteiger partial charge in [0.2, 0.25) is 0 Å². The normalized spacial score (nSPS) is 13.6. The van der Waals surface area contributed by atoms with Crippen LogP contribution in [0.4, 0.5) is 0 Å². The molecule has 0 saturated carbocycles. The summed E-state index contributed by atoms with van der Waals surface area (Å²) in [5.74, 6) is 0.955. The van der Waals surface area contributed by atoms with E-state index in [4.69, 9.17) is 28.2 Å². The van der Waals surface area contributed by atoms with E-state index < -0.39 is 38.0 Å². The lowest BCUT2D eigenvalue weighted by molar-refractivity contribution is -0.0173. The second-order valence-electron chi connectivity index (χ2n) is 15.0. The Morgan fingerprint density at radius 2 is 1.20 bits per heavy atom. The molecule has 0 aliphatic heterocycles. The molecule has 1 heterocycles. The molecule has 4 unspecified atom stereocenters. The van der Waals surface area contributed by atoms with Crippen molar-refractivity contribution in [3.05, 3.63) is 150 Å². The third kappa shape index (κ3) is 9.66. The van der Waals surface area contributed by atoms with Crippen LogP contribution in [-0.4, -0.2) is 73.5 Å². The van der Waals surface area contributed by atoms with Crippen LogP contribution in [0.1, 0.15) is 61.7 Å². The van der Waals surface area contributed by atoms with Crippen molar-refractivity contribution in [1.29, 1.82) is 5.26 Å². The van der Waals surface area contributed by atoms with Crippen molar-refractivity contribution in [2.75, 3.05) is 27.4 Å². The van der Waals surface area contributed by atoms with Crippen LogP contribution in [0.3, 0.4) is 0 Å². The number of rotatable bonds is 19. The lowest BCUT2D eigenvalue weighted by Gasteiger charge is -2.37. The monoisotopic (exact) mass is 827 g/mol. The number of carbonyl (C=O) groups excluding carboxylic acids is 1. The molecule has 12 heteroatoms. The maximum atomic E-state index is 14.8. The van der Waals surface area contributed by atoms with E-state index in [-0.39, 0.29) is 25.3 Å². The van der Waals surface area contributed by atoms with Crippen molar-refractivity contribution in [2.45, 2.75) is 70.5 Å². The van der Waals surface area contributed by atoms with Gasteiger partial charge >= 0.3 is 8.25 Å². The summed E-state index contributed by atoms with van der Waals surface area (Å²) in [6.45, 7) is 9.46. The van der Waals surface area contributed by atoms with Gasteiger partial charge in [0.05, 0.1) is 49.5 Å². The van der Waals surface area contributed by atoms with Crippen LogP contribution in [-0.2, 0) is 24.0 Å². The number of amides is 1. The summed E-state index contributed by atoms with van der Waals surface area (Å²) in [6, 6.07) is 41.0. The highest BCUT2D eigenvalue weighted by atomic mass is 31.1. The van der Waals surface area contributed by atoms with Crippen molar-refractivity contribution in [2.24, 2.45) is 0 Å². The molecule has 1 N–H and O–H groups in total. The van der Waals surface area contributed by atoms with Crippen LogP contribution < -0.4 is 14.8 Å². The van der Waals surface area contributed by atoms with Gasteiger partial charge in [0, 0.05) is 27.4 Å². The Hall–Kier alpha value is -5.73. The maximum absolute atomic E-state index is 14.8. The number of carbonyl (C=O) groups is 1. The zero-order valence-electron chi connectivity index (χ0n) is 35.1. The lowest BCUT2D eigenvalue weighted by Crippen LogP contribution is -2.48. The van der Waals surface area contributed by atoms with E-state index in [1.165, 1.54) is 0 Å². The number of nitriles is 1. The molecule has 0 radical (unpaired) electrons. The first-order chi connectivity index (χ1) is 29.0. The molecule has 0 aliphatic rings. The molecule has 0 fully saturated rings. The summed E-state index contributed by atoms with van der Waals surface area (Å²) < 4.78 is 43.7. The molecule has 4 atom stereocenters. The highest BCUT2D eigenvalue weighted by Gasteiger charge is 2.41. The SMILES string of the molecule is COc1ccc(C(OCC(NC(=O)c2c3ccccc3nc3ccccc23)C(C)O[P+](=O)OCC(C#N)N(C(C)C)C(C)C)(c2ccccc2)c2ccc(OC)cc2)cc1. The van der Waals surface area contributed by atoms with E-state index in [0.29, 0.717) is 38.9 Å². The molecule has 1 aromatic heterocycles. The van der Waals surface area contributed by atoms with Gasteiger partial charge in [0.25, 0.3) is 5.91 Å². The minimum Gasteiger partial charge on any atom is -0.497 e. The zero-order valence-corrected chi connectivity index (χ0v) is 36.0. The molecule has 6 rings (SSSR count). The van der Waals surface area contributed by atoms with Crippen molar-refractivity contribution < 1.29 is 32.6 Å². The van der Waals surface area contributed by atoms with E-state index in [9.17, 15) is 14.6 Å². The van der Waals surface area contributed by atoms with E-state index in [1.54, 1.807) is 21.1 Å². The van der Waals surface area contributed by atoms with Gasteiger partial charge in [0.1, 0.15) is 35.9 Å². The van der Waals surface area contributed by atoms with Crippen LogP contribution in [0, 0.1) is 11.3 Å². The number of nitrogens with one attached hydrogen (secondary N) is 1. The van der Waals surface area contributed by atoms with Crippen molar-refractivity contribution >= 4 is 36.0 Å². The van der Waals surface area contributed by atoms with E-state index in [2.05, 4.69) is 11.4 Å². The minimum absolute atomic E-state index is 0.0503. The van der Waals surface area contributed by atoms with Gasteiger partial charge in [-0.3, -0.25) is 9.69 Å². The molecule has 6 aromatic rings. The summed E-state index contributed by atoms with van der Waals surface area (Å²) in [5, 5.41) is 14.6. The molecule has 0 aliphatic carbocycles. The highest BCUT2D eigenvalue weighted by Crippen LogP contribution is 2.42. The van der Waals surface area contributed by atoms with Crippen LogP contribution in [0.25, 0.3) is 21.8 Å². The summed E-state index contributed by atoms with van der Waals surface area (Å²) in [5.41, 5.74) is 2.95. The van der Waals surface area contributed by atoms with E-state index in [1.807, 2.05) is 160 Å². The number of hydrogen-bond acceptors (Lipinski definition) is 10. The molecular weight excluding hydrogens is 776 g/mol. The number of ether oxygens (including phenoxy) is 3. The fourth-order valence-electron chi connectivity index (χ4n) is 7.79. The Labute approximate surface area is 353 Å². The van der Waals surface area contributed by atoms with Gasteiger partial charge in [-0.15, -0.1) is 9.05 Å². The first-order valence-corrected chi connectivity index (χ1v) is 21.1. The standard InChI is InChI=1S/C48H51N4O7P/c1-32(2)52(33(3)4)38(29-49)30-58-60(54)59-34(5)45(51-47(53)46-41-17-11-13-19-43(41)50-44-20-14-12-18-42(44)46)31-57-48(35-15-9-8-10-16-35,36-21-25-39(55-6)26-22-36)37-23-27-40(56-7)28-24-37/h8-28,32-34,38,45H,30-31H2,1-7H3/p+1. The number of fused-ring (bicyclic) bond motifs is 2. The largest absolute Gasteiger partial charge is 0.697 e. The van der Waals surface area contributed by atoms with Gasteiger partial charge in [-0.25, -0.2) is 4.98 Å². The molecule has 0 spiro atoms. The number of para-hydroxylation sites is 2. The number of hydrogen-bond donors (Lipinski definition) is 1.